The standard InChI is InChI=1S/C24H21Cl2F6N3O3/c1-2-7-33-20(36)35-11-21(37,12-35)14-5-3-13(4-6-14)18-10-22(38-34-18,24(30,31)32)15-8-16(23(27,28)29)19(26)17(25)9-15/h3-6,8-10,34,37H,2,7,11-12H2,1H3,(H,33,36). The highest BCUT2D eigenvalue weighted by Gasteiger charge is 2.60. The van der Waals surface area contributed by atoms with Gasteiger partial charge in [0.05, 0.1) is 34.4 Å². The summed E-state index contributed by atoms with van der Waals surface area (Å²) in [6, 6.07) is 6.40. The topological polar surface area (TPSA) is 73.8 Å². The van der Waals surface area contributed by atoms with E-state index in [2.05, 4.69) is 10.8 Å². The van der Waals surface area contributed by atoms with E-state index in [0.717, 1.165) is 6.42 Å². The summed E-state index contributed by atoms with van der Waals surface area (Å²) in [5.41, 5.74) is -4.47. The number of likely N-dealkylation sites (tertiary alicyclic amines) is 1. The minimum Gasteiger partial charge on any atom is -0.381 e. The smallest absolute Gasteiger partial charge is 0.381 e. The molecule has 2 aliphatic rings. The zero-order valence-electron chi connectivity index (χ0n) is 19.6. The van der Waals surface area contributed by atoms with Crippen LogP contribution in [0, 0.1) is 0 Å². The Morgan fingerprint density at radius 2 is 1.74 bits per heavy atom. The molecule has 0 bridgehead atoms. The molecule has 0 saturated carbocycles. The number of β-amino-alcohol motifs (C(OH)–C–C–N with tert-alkyl or cyclic N) is 1. The van der Waals surface area contributed by atoms with E-state index in [1.807, 2.05) is 6.92 Å². The molecule has 2 heterocycles. The Labute approximate surface area is 223 Å². The average Bonchev–Trinajstić information content (AvgIpc) is 3.28. The highest BCUT2D eigenvalue weighted by atomic mass is 35.5. The first-order chi connectivity index (χ1) is 17.6. The van der Waals surface area contributed by atoms with Gasteiger partial charge in [-0.2, -0.15) is 26.3 Å². The summed E-state index contributed by atoms with van der Waals surface area (Å²) in [6.45, 7) is 2.45. The Hall–Kier alpha value is -2.67. The Balaban J connectivity index is 1.62. The molecule has 2 aromatic carbocycles. The molecule has 0 aromatic heterocycles. The lowest BCUT2D eigenvalue weighted by Crippen LogP contribution is -2.63. The molecular formula is C24H21Cl2F6N3O3. The number of carbonyl (C=O) groups is 1. The minimum atomic E-state index is -5.19. The number of hydrogen-bond donors (Lipinski definition) is 3. The van der Waals surface area contributed by atoms with Crippen LogP contribution < -0.4 is 10.8 Å². The summed E-state index contributed by atoms with van der Waals surface area (Å²) in [4.78, 5) is 18.3. The van der Waals surface area contributed by atoms with Crippen LogP contribution in [-0.2, 0) is 22.2 Å². The number of nitrogens with one attached hydrogen (secondary N) is 2. The molecule has 2 aromatic rings. The maximum atomic E-state index is 14.3. The number of alkyl halides is 6. The summed E-state index contributed by atoms with van der Waals surface area (Å²) in [7, 11) is 0. The molecule has 2 amide bonds. The SMILES string of the molecule is CCCNC(=O)N1CC(O)(c2ccc(C3=CC(c4cc(Cl)c(Cl)c(C(F)(F)F)c4)(C(F)(F)F)ON3)cc2)C1. The van der Waals surface area contributed by atoms with Gasteiger partial charge in [0.1, 0.15) is 5.60 Å². The number of halogens is 8. The largest absolute Gasteiger partial charge is 0.428 e. The molecule has 38 heavy (non-hydrogen) atoms. The van der Waals surface area contributed by atoms with Crippen molar-refractivity contribution < 1.29 is 41.1 Å². The molecule has 0 spiro atoms. The lowest BCUT2D eigenvalue weighted by Gasteiger charge is -2.46. The van der Waals surface area contributed by atoms with Gasteiger partial charge in [0.2, 0.25) is 5.60 Å². The second-order valence-electron chi connectivity index (χ2n) is 9.01. The molecule has 4 rings (SSSR count). The van der Waals surface area contributed by atoms with Crippen molar-refractivity contribution in [3.63, 3.8) is 0 Å². The van der Waals surface area contributed by atoms with Crippen molar-refractivity contribution in [2.75, 3.05) is 19.6 Å². The van der Waals surface area contributed by atoms with Crippen molar-refractivity contribution >= 4 is 34.9 Å². The molecule has 2 aliphatic heterocycles. The third kappa shape index (κ3) is 5.02. The Bertz CT molecular complexity index is 1260. The van der Waals surface area contributed by atoms with Crippen molar-refractivity contribution in [2.45, 2.75) is 36.9 Å². The first kappa shape index (κ1) is 28.3. The van der Waals surface area contributed by atoms with Crippen LogP contribution in [0.1, 0.15) is 35.6 Å². The molecule has 1 saturated heterocycles. The van der Waals surface area contributed by atoms with E-state index in [1.165, 1.54) is 29.2 Å². The summed E-state index contributed by atoms with van der Waals surface area (Å²) < 4.78 is 83.0. The number of carbonyl (C=O) groups excluding carboxylic acids is 1. The number of nitrogens with zero attached hydrogens (tertiary/aromatic N) is 1. The van der Waals surface area contributed by atoms with Crippen LogP contribution in [0.2, 0.25) is 10.0 Å². The van der Waals surface area contributed by atoms with Gasteiger partial charge in [-0.05, 0) is 35.8 Å². The zero-order chi connectivity index (χ0) is 28.1. The molecule has 206 valence electrons. The van der Waals surface area contributed by atoms with Crippen LogP contribution >= 0.6 is 23.2 Å². The highest BCUT2D eigenvalue weighted by molar-refractivity contribution is 6.42. The van der Waals surface area contributed by atoms with E-state index in [-0.39, 0.29) is 36.4 Å². The number of hydroxylamine groups is 1. The Morgan fingerprint density at radius 3 is 2.29 bits per heavy atom. The van der Waals surface area contributed by atoms with Crippen LogP contribution in [-0.4, -0.2) is 41.8 Å². The third-order valence-electron chi connectivity index (χ3n) is 6.30. The third-order valence-corrected chi connectivity index (χ3v) is 7.11. The predicted molar refractivity (Wildman–Crippen MR) is 127 cm³/mol. The number of aliphatic hydroxyl groups is 1. The molecule has 14 heteroatoms. The summed E-state index contributed by atoms with van der Waals surface area (Å²) in [5, 5.41) is 11.9. The molecule has 6 nitrogen and oxygen atoms in total. The van der Waals surface area contributed by atoms with Gasteiger partial charge in [-0.1, -0.05) is 54.4 Å². The predicted octanol–water partition coefficient (Wildman–Crippen LogP) is 5.97. The van der Waals surface area contributed by atoms with Gasteiger partial charge in [0.15, 0.2) is 0 Å². The molecule has 1 fully saturated rings. The van der Waals surface area contributed by atoms with Gasteiger partial charge in [0.25, 0.3) is 0 Å². The van der Waals surface area contributed by atoms with Crippen LogP contribution in [0.3, 0.4) is 0 Å². The first-order valence-electron chi connectivity index (χ1n) is 11.3. The second-order valence-corrected chi connectivity index (χ2v) is 9.80. The summed E-state index contributed by atoms with van der Waals surface area (Å²) >= 11 is 11.4. The van der Waals surface area contributed by atoms with Crippen molar-refractivity contribution in [3.05, 3.63) is 74.8 Å². The van der Waals surface area contributed by atoms with Crippen molar-refractivity contribution in [1.82, 2.24) is 15.7 Å². The fraction of sp³-hybridized carbons (Fsp3) is 0.375. The average molecular weight is 584 g/mol. The van der Waals surface area contributed by atoms with Crippen LogP contribution in [0.5, 0.6) is 0 Å². The number of amides is 2. The van der Waals surface area contributed by atoms with E-state index < -0.39 is 44.7 Å². The Kier molecular flexibility index (Phi) is 7.32. The zero-order valence-corrected chi connectivity index (χ0v) is 21.1. The second kappa shape index (κ2) is 9.82. The van der Waals surface area contributed by atoms with Gasteiger partial charge < -0.3 is 15.3 Å². The normalized spacial score (nSPS) is 21.0. The highest BCUT2D eigenvalue weighted by Crippen LogP contribution is 2.50. The van der Waals surface area contributed by atoms with Crippen molar-refractivity contribution in [2.24, 2.45) is 0 Å². The maximum Gasteiger partial charge on any atom is 0.428 e. The first-order valence-corrected chi connectivity index (χ1v) is 12.0. The maximum absolute atomic E-state index is 14.3. The summed E-state index contributed by atoms with van der Waals surface area (Å²) in [5.74, 6) is 0. The van der Waals surface area contributed by atoms with Crippen LogP contribution in [0.15, 0.2) is 42.5 Å². The van der Waals surface area contributed by atoms with Gasteiger partial charge in [-0.15, -0.1) is 0 Å². The van der Waals surface area contributed by atoms with Crippen LogP contribution in [0.25, 0.3) is 5.70 Å². The minimum absolute atomic E-state index is 0.0298. The van der Waals surface area contributed by atoms with Gasteiger partial charge in [-0.3, -0.25) is 10.3 Å². The molecule has 0 radical (unpaired) electrons. The molecule has 3 N–H and O–H groups in total. The fourth-order valence-electron chi connectivity index (χ4n) is 4.21. The number of urea groups is 1. The molecular weight excluding hydrogens is 563 g/mol. The van der Waals surface area contributed by atoms with E-state index in [0.29, 0.717) is 24.3 Å². The van der Waals surface area contributed by atoms with Gasteiger partial charge in [-0.25, -0.2) is 4.79 Å². The number of rotatable bonds is 5. The number of benzene rings is 2. The van der Waals surface area contributed by atoms with Crippen molar-refractivity contribution in [1.29, 1.82) is 0 Å². The van der Waals surface area contributed by atoms with E-state index in [1.54, 1.807) is 0 Å². The molecule has 1 atom stereocenters. The van der Waals surface area contributed by atoms with Gasteiger partial charge in [0, 0.05) is 12.1 Å². The Morgan fingerprint density at radius 1 is 1.11 bits per heavy atom. The quantitative estimate of drug-likeness (QED) is 0.379. The van der Waals surface area contributed by atoms with E-state index >= 15 is 0 Å². The summed E-state index contributed by atoms with van der Waals surface area (Å²) in [6.07, 6.45) is -8.89. The van der Waals surface area contributed by atoms with E-state index in [4.69, 9.17) is 28.0 Å². The van der Waals surface area contributed by atoms with E-state index in [9.17, 15) is 36.2 Å². The molecule has 0 aliphatic carbocycles. The fourth-order valence-corrected chi connectivity index (χ4v) is 4.65. The monoisotopic (exact) mass is 583 g/mol. The lowest BCUT2D eigenvalue weighted by molar-refractivity contribution is -0.269. The van der Waals surface area contributed by atoms with Crippen LogP contribution in [0.4, 0.5) is 31.1 Å². The molecule has 1 unspecified atom stereocenters. The lowest BCUT2D eigenvalue weighted by atomic mass is 9.85. The van der Waals surface area contributed by atoms with Gasteiger partial charge >= 0.3 is 18.4 Å². The number of hydrogen-bond acceptors (Lipinski definition) is 4. The van der Waals surface area contributed by atoms with Crippen molar-refractivity contribution in [3.8, 4) is 0 Å².